The summed E-state index contributed by atoms with van der Waals surface area (Å²) in [5, 5.41) is 51.2. The van der Waals surface area contributed by atoms with Gasteiger partial charge in [-0.05, 0) is 59.0 Å². The second-order valence-electron chi connectivity index (χ2n) is 14.4. The van der Waals surface area contributed by atoms with E-state index < -0.39 is 42.9 Å². The first kappa shape index (κ1) is 38.5. The molecule has 5 aromatic rings. The molecule has 15 nitrogen and oxygen atoms in total. The van der Waals surface area contributed by atoms with E-state index in [0.29, 0.717) is 33.5 Å². The van der Waals surface area contributed by atoms with E-state index in [2.05, 4.69) is 30.3 Å². The third-order valence-electron chi connectivity index (χ3n) is 10.1. The maximum absolute atomic E-state index is 14.3. The maximum atomic E-state index is 14.3. The van der Waals surface area contributed by atoms with Gasteiger partial charge in [0.2, 0.25) is 6.23 Å². The van der Waals surface area contributed by atoms with Crippen molar-refractivity contribution >= 4 is 11.7 Å². The number of aromatic nitrogens is 5. The van der Waals surface area contributed by atoms with Crippen LogP contribution in [0.5, 0.6) is 17.5 Å². The van der Waals surface area contributed by atoms with Gasteiger partial charge in [0.1, 0.15) is 17.3 Å². The Balaban J connectivity index is 0.905. The summed E-state index contributed by atoms with van der Waals surface area (Å²) in [4.78, 5) is 33.8. The lowest BCUT2D eigenvalue weighted by atomic mass is 9.98. The summed E-state index contributed by atoms with van der Waals surface area (Å²) in [6, 6.07) is 18.6. The van der Waals surface area contributed by atoms with E-state index in [1.807, 2.05) is 50.2 Å². The number of amides is 1. The molecule has 294 valence electrons. The molecule has 3 aromatic carbocycles. The van der Waals surface area contributed by atoms with E-state index in [-0.39, 0.29) is 35.1 Å². The molecule has 4 heterocycles. The van der Waals surface area contributed by atoms with E-state index in [4.69, 9.17) is 4.74 Å². The molecule has 17 heteroatoms. The Morgan fingerprint density at radius 3 is 2.11 bits per heavy atom. The summed E-state index contributed by atoms with van der Waals surface area (Å²) in [6.45, 7) is 8.03. The summed E-state index contributed by atoms with van der Waals surface area (Å²) in [6.07, 6.45) is -2.63. The van der Waals surface area contributed by atoms with Crippen LogP contribution < -0.4 is 11.0 Å². The van der Waals surface area contributed by atoms with Gasteiger partial charge >= 0.3 is 11.7 Å². The van der Waals surface area contributed by atoms with Crippen molar-refractivity contribution in [3.8, 4) is 34.6 Å². The average molecular weight is 773 g/mol. The molecular formula is C39H42F2N8O7. The Kier molecular flexibility index (Phi) is 10.9. The number of anilines is 1. The second-order valence-corrected chi connectivity index (χ2v) is 14.4. The monoisotopic (exact) mass is 772 g/mol. The number of benzene rings is 3. The standard InChI is InChI=1S/C39H42F2N8O7/c1-23(2)29-17-30(32(52)18-31(29)51)34-44-45-38(55)49(34)27-9-5-25(6-10-27)21-47-15-13-46(14-16-47)20-24-3-7-26(8-4-24)35(53)42-33-11-12-48(37(54)43-33)36-39(40,41)19-28(22-50)56-36/h3-12,17-18,23,28,36,50-52H,13-16,19-22H2,1-2H3,(H,45,55)(H,42,43,53,54)/t28-,36+/m0/s1. The predicted octanol–water partition coefficient (Wildman–Crippen LogP) is 4.22. The van der Waals surface area contributed by atoms with Crippen LogP contribution in [0.15, 0.2) is 77.7 Å². The third kappa shape index (κ3) is 8.11. The molecule has 2 aromatic heterocycles. The topological polar surface area (TPSA) is 191 Å². The predicted molar refractivity (Wildman–Crippen MR) is 200 cm³/mol. The van der Waals surface area contributed by atoms with E-state index in [0.717, 1.165) is 50.0 Å². The van der Waals surface area contributed by atoms with Crippen LogP contribution in [0.2, 0.25) is 0 Å². The number of phenolic OH excluding ortho intramolecular Hbond substituents is 2. The first-order valence-corrected chi connectivity index (χ1v) is 18.2. The zero-order valence-electron chi connectivity index (χ0n) is 30.7. The summed E-state index contributed by atoms with van der Waals surface area (Å²) in [5.41, 5.74) is 3.00. The highest BCUT2D eigenvalue weighted by Crippen LogP contribution is 2.42. The number of nitrogens with one attached hydrogen (secondary N) is 1. The highest BCUT2D eigenvalue weighted by atomic mass is 19.3. The Morgan fingerprint density at radius 2 is 1.54 bits per heavy atom. The summed E-state index contributed by atoms with van der Waals surface area (Å²) in [5.74, 6) is -3.93. The fourth-order valence-corrected chi connectivity index (χ4v) is 7.02. The molecule has 0 radical (unpaired) electrons. The number of aliphatic hydroxyl groups is 1. The van der Waals surface area contributed by atoms with Gasteiger partial charge in [-0.2, -0.15) is 4.98 Å². The van der Waals surface area contributed by atoms with Gasteiger partial charge in [-0.1, -0.05) is 43.2 Å². The minimum absolute atomic E-state index is 0.00825. The number of ether oxygens (including phenoxy) is 1. The van der Waals surface area contributed by atoms with E-state index in [1.54, 1.807) is 18.2 Å². The molecule has 2 fully saturated rings. The van der Waals surface area contributed by atoms with Crippen molar-refractivity contribution in [2.75, 3.05) is 38.1 Å². The van der Waals surface area contributed by atoms with Crippen molar-refractivity contribution in [1.29, 1.82) is 0 Å². The molecule has 0 bridgehead atoms. The third-order valence-corrected chi connectivity index (χ3v) is 10.1. The summed E-state index contributed by atoms with van der Waals surface area (Å²) in [7, 11) is 0. The fourth-order valence-electron chi connectivity index (χ4n) is 7.02. The number of nitrogens with zero attached hydrogens (tertiary/aromatic N) is 7. The van der Waals surface area contributed by atoms with Gasteiger partial charge in [-0.3, -0.25) is 19.2 Å². The van der Waals surface area contributed by atoms with Crippen molar-refractivity contribution in [3.63, 3.8) is 0 Å². The van der Waals surface area contributed by atoms with Gasteiger partial charge in [0.25, 0.3) is 11.8 Å². The fraction of sp³-hybridized carbons (Fsp3) is 0.359. The van der Waals surface area contributed by atoms with Crippen molar-refractivity contribution in [1.82, 2.24) is 34.1 Å². The number of carbonyl (C=O) groups is 1. The Morgan fingerprint density at radius 1 is 0.911 bits per heavy atom. The van der Waals surface area contributed by atoms with Crippen molar-refractivity contribution < 1.29 is 38.7 Å². The lowest BCUT2D eigenvalue weighted by Gasteiger charge is -2.34. The van der Waals surface area contributed by atoms with Gasteiger partial charge in [0, 0.05) is 63.5 Å². The van der Waals surface area contributed by atoms with Crippen LogP contribution in [-0.2, 0) is 17.8 Å². The lowest BCUT2D eigenvalue weighted by Crippen LogP contribution is -2.45. The molecule has 0 unspecified atom stereocenters. The normalized spacial score (nSPS) is 18.8. The maximum Gasteiger partial charge on any atom is 0.351 e. The summed E-state index contributed by atoms with van der Waals surface area (Å²) >= 11 is 0. The van der Waals surface area contributed by atoms with Crippen molar-refractivity contribution in [2.24, 2.45) is 0 Å². The molecule has 5 N–H and O–H groups in total. The lowest BCUT2D eigenvalue weighted by molar-refractivity contribution is -0.120. The number of halogens is 2. The van der Waals surface area contributed by atoms with Gasteiger partial charge in [0.15, 0.2) is 5.82 Å². The molecule has 1 amide bonds. The van der Waals surface area contributed by atoms with Gasteiger partial charge in [-0.15, -0.1) is 5.10 Å². The number of phenols is 2. The van der Waals surface area contributed by atoms with Crippen LogP contribution in [-0.4, -0.2) is 105 Å². The molecule has 2 aliphatic rings. The smallest absolute Gasteiger partial charge is 0.351 e. The zero-order valence-corrected chi connectivity index (χ0v) is 30.7. The molecule has 0 spiro atoms. The van der Waals surface area contributed by atoms with E-state index >= 15 is 0 Å². The number of hydrogen-bond acceptors (Lipinski definition) is 12. The number of aromatic hydroxyl groups is 3. The molecule has 2 atom stereocenters. The van der Waals surface area contributed by atoms with Crippen LogP contribution in [0.4, 0.5) is 14.6 Å². The molecular weight excluding hydrogens is 730 g/mol. The largest absolute Gasteiger partial charge is 0.508 e. The van der Waals surface area contributed by atoms with E-state index in [9.17, 15) is 38.8 Å². The number of carbonyl (C=O) groups excluding carboxylic acids is 1. The van der Waals surface area contributed by atoms with Crippen molar-refractivity contribution in [2.45, 2.75) is 57.5 Å². The second kappa shape index (κ2) is 15.8. The van der Waals surface area contributed by atoms with Crippen LogP contribution in [0.25, 0.3) is 17.1 Å². The highest BCUT2D eigenvalue weighted by molar-refractivity contribution is 6.03. The molecule has 0 aliphatic carbocycles. The zero-order chi connectivity index (χ0) is 39.7. The van der Waals surface area contributed by atoms with Crippen LogP contribution in [0.3, 0.4) is 0 Å². The highest BCUT2D eigenvalue weighted by Gasteiger charge is 2.51. The first-order chi connectivity index (χ1) is 26.8. The van der Waals surface area contributed by atoms with Crippen LogP contribution in [0.1, 0.15) is 59.5 Å². The number of hydrogen-bond donors (Lipinski definition) is 5. The minimum Gasteiger partial charge on any atom is -0.508 e. The average Bonchev–Trinajstić information content (AvgIpc) is 3.70. The molecule has 7 rings (SSSR count). The van der Waals surface area contributed by atoms with Gasteiger partial charge in [0.05, 0.1) is 24.0 Å². The van der Waals surface area contributed by atoms with Crippen molar-refractivity contribution in [3.05, 3.63) is 106 Å². The SMILES string of the molecule is CC(C)c1cc(-c2nnc(O)n2-c2ccc(CN3CCN(Cc4ccc(C(=O)Nc5ccn([C@@H]6O[C@H](CO)CC6(F)F)c(=O)n5)cc4)CC3)cc2)c(O)cc1O. The minimum atomic E-state index is -3.37. The Labute approximate surface area is 320 Å². The Hall–Kier alpha value is -5.75. The van der Waals surface area contributed by atoms with Crippen LogP contribution in [0, 0.1) is 0 Å². The quantitative estimate of drug-likeness (QED) is 0.129. The molecule has 0 saturated carbocycles. The Bertz CT molecular complexity index is 2260. The number of rotatable bonds is 11. The number of alkyl halides is 2. The summed E-state index contributed by atoms with van der Waals surface area (Å²) < 4.78 is 35.9. The first-order valence-electron chi connectivity index (χ1n) is 18.2. The van der Waals surface area contributed by atoms with Gasteiger partial charge in [-0.25, -0.2) is 18.1 Å². The molecule has 2 aliphatic heterocycles. The van der Waals surface area contributed by atoms with Crippen LogP contribution >= 0.6 is 0 Å². The number of piperazine rings is 1. The molecule has 56 heavy (non-hydrogen) atoms. The van der Waals surface area contributed by atoms with E-state index in [1.165, 1.54) is 16.7 Å². The van der Waals surface area contributed by atoms with Gasteiger partial charge < -0.3 is 30.5 Å². The number of aliphatic hydroxyl groups excluding tert-OH is 1. The molecule has 2 saturated heterocycles.